The number of carboxylic acids is 4. The van der Waals surface area contributed by atoms with Gasteiger partial charge in [0, 0.05) is 0 Å². The van der Waals surface area contributed by atoms with E-state index in [2.05, 4.69) is 15.0 Å². The maximum absolute atomic E-state index is 12.8. The molecular weight excluding hydrogens is 628 g/mol. The van der Waals surface area contributed by atoms with Crippen LogP contribution < -0.4 is 21.7 Å². The van der Waals surface area contributed by atoms with Gasteiger partial charge in [-0.2, -0.15) is 0 Å². The van der Waals surface area contributed by atoms with Crippen LogP contribution in [0, 0.1) is 0 Å². The lowest BCUT2D eigenvalue weighted by Gasteiger charge is -2.23. The normalized spacial score (nSPS) is 21.0. The van der Waals surface area contributed by atoms with Crippen molar-refractivity contribution in [2.75, 3.05) is 12.3 Å². The number of ether oxygens (including phenoxy) is 2. The molecule has 3 amide bonds. The number of carbonyl (C=O) groups excluding carboxylic acids is 3. The first-order valence-electron chi connectivity index (χ1n) is 13.0. The van der Waals surface area contributed by atoms with E-state index in [1.165, 1.54) is 10.9 Å². The molecule has 3 heterocycles. The van der Waals surface area contributed by atoms with E-state index in [1.54, 1.807) is 5.32 Å². The molecule has 3 rings (SSSR count). The number of hydrogen-bond acceptors (Lipinski definition) is 15. The monoisotopic (exact) mass is 656 g/mol. The fourth-order valence-electron chi connectivity index (χ4n) is 4.18. The van der Waals surface area contributed by atoms with Gasteiger partial charge in [0.15, 0.2) is 17.7 Å². The van der Waals surface area contributed by atoms with Gasteiger partial charge in [0.25, 0.3) is 0 Å². The third kappa shape index (κ3) is 8.70. The minimum atomic E-state index is -2.03. The quantitative estimate of drug-likeness (QED) is 0.0864. The molecule has 250 valence electrons. The highest BCUT2D eigenvalue weighted by molar-refractivity contribution is 5.96. The number of alkyl carbamates (subject to hydrolysis) is 1. The van der Waals surface area contributed by atoms with E-state index in [4.69, 9.17) is 30.5 Å². The molecule has 2 aromatic heterocycles. The molecule has 23 nitrogen and oxygen atoms in total. The summed E-state index contributed by atoms with van der Waals surface area (Å²) in [4.78, 5) is 94.4. The fourth-order valence-corrected chi connectivity index (χ4v) is 4.18. The number of aliphatic hydroxyl groups is 2. The highest BCUT2D eigenvalue weighted by atomic mass is 16.6. The van der Waals surface area contributed by atoms with Crippen LogP contribution in [0.3, 0.4) is 0 Å². The second-order valence-corrected chi connectivity index (χ2v) is 9.68. The molecule has 0 bridgehead atoms. The Labute approximate surface area is 255 Å². The van der Waals surface area contributed by atoms with Gasteiger partial charge in [0.05, 0.1) is 25.6 Å². The van der Waals surface area contributed by atoms with Crippen molar-refractivity contribution in [3.05, 3.63) is 12.7 Å². The lowest BCUT2D eigenvalue weighted by atomic mass is 10.1. The summed E-state index contributed by atoms with van der Waals surface area (Å²) in [6.07, 6.45) is -8.27. The van der Waals surface area contributed by atoms with Gasteiger partial charge in [0.2, 0.25) is 11.8 Å². The topological polar surface area (TPSA) is 365 Å². The zero-order chi connectivity index (χ0) is 34.3. The molecule has 0 spiro atoms. The summed E-state index contributed by atoms with van der Waals surface area (Å²) in [6.45, 7) is -0.740. The highest BCUT2D eigenvalue weighted by Gasteiger charge is 2.45. The number of fused-ring (bicyclic) bond motifs is 1. The number of aliphatic carboxylic acids is 4. The first-order valence-corrected chi connectivity index (χ1v) is 13.0. The second-order valence-electron chi connectivity index (χ2n) is 9.68. The molecule has 1 fully saturated rings. The summed E-state index contributed by atoms with van der Waals surface area (Å²) in [5, 5.41) is 62.8. The van der Waals surface area contributed by atoms with Crippen molar-refractivity contribution in [2.24, 2.45) is 0 Å². The molecule has 0 aliphatic carbocycles. The van der Waals surface area contributed by atoms with Crippen molar-refractivity contribution >= 4 is 58.8 Å². The van der Waals surface area contributed by atoms with E-state index in [0.29, 0.717) is 0 Å². The van der Waals surface area contributed by atoms with Crippen LogP contribution in [0.15, 0.2) is 12.7 Å². The molecule has 1 aliphatic heterocycles. The van der Waals surface area contributed by atoms with Crippen LogP contribution in [0.25, 0.3) is 11.2 Å². The van der Waals surface area contributed by atoms with E-state index < -0.39 is 110 Å². The summed E-state index contributed by atoms with van der Waals surface area (Å²) >= 11 is 0. The Kier molecular flexibility index (Phi) is 11.2. The van der Waals surface area contributed by atoms with Crippen LogP contribution in [-0.4, -0.2) is 135 Å². The van der Waals surface area contributed by atoms with Gasteiger partial charge < -0.3 is 61.8 Å². The average Bonchev–Trinajstić information content (AvgIpc) is 3.51. The number of anilines is 1. The van der Waals surface area contributed by atoms with E-state index >= 15 is 0 Å². The molecule has 7 atom stereocenters. The molecular formula is C23H28N8O15. The summed E-state index contributed by atoms with van der Waals surface area (Å²) in [6, 6.07) is -6.03. The molecule has 2 aromatic rings. The van der Waals surface area contributed by atoms with E-state index in [-0.39, 0.29) is 17.0 Å². The van der Waals surface area contributed by atoms with E-state index in [1.807, 2.05) is 10.6 Å². The molecule has 0 unspecified atom stereocenters. The second kappa shape index (κ2) is 14.9. The number of aliphatic hydroxyl groups excluding tert-OH is 2. The number of nitrogen functional groups attached to an aromatic ring is 1. The van der Waals surface area contributed by atoms with Crippen molar-refractivity contribution in [2.45, 2.75) is 61.9 Å². The lowest BCUT2D eigenvalue weighted by molar-refractivity contribution is -0.148. The lowest BCUT2D eigenvalue weighted by Crippen LogP contribution is -2.57. The van der Waals surface area contributed by atoms with Crippen LogP contribution in [0.4, 0.5) is 10.6 Å². The maximum Gasteiger partial charge on any atom is 0.407 e. The van der Waals surface area contributed by atoms with Crippen molar-refractivity contribution in [1.82, 2.24) is 35.5 Å². The Morgan fingerprint density at radius 2 is 1.37 bits per heavy atom. The molecule has 11 N–H and O–H groups in total. The number of carboxylic acid groups (broad SMARTS) is 4. The summed E-state index contributed by atoms with van der Waals surface area (Å²) in [7, 11) is 0. The number of rotatable bonds is 15. The number of aromatic nitrogens is 4. The van der Waals surface area contributed by atoms with Crippen LogP contribution in [-0.2, 0) is 38.2 Å². The van der Waals surface area contributed by atoms with Crippen molar-refractivity contribution in [1.29, 1.82) is 0 Å². The number of carbonyl (C=O) groups is 7. The smallest absolute Gasteiger partial charge is 0.407 e. The number of nitrogens with one attached hydrogen (secondary N) is 3. The fraction of sp³-hybridized carbons (Fsp3) is 0.478. The Morgan fingerprint density at radius 1 is 0.826 bits per heavy atom. The van der Waals surface area contributed by atoms with E-state index in [9.17, 15) is 48.9 Å². The number of imidazole rings is 1. The molecule has 0 saturated carbocycles. The number of amides is 3. The van der Waals surface area contributed by atoms with Gasteiger partial charge in [-0.3, -0.25) is 28.5 Å². The SMILES string of the molecule is Nc1ncnc2c1ncn2[C@@H]1O[C@H](COC(=O)N[C@@H](CC(=O)O)C(=O)N[C@@H](CC(=O)O)C(=O)N[C@@H](CC(=O)O)C(=O)O)[C@@H](O)[C@H]1O. The molecule has 23 heteroatoms. The third-order valence-electron chi connectivity index (χ3n) is 6.37. The van der Waals surface area contributed by atoms with Gasteiger partial charge in [-0.1, -0.05) is 0 Å². The summed E-state index contributed by atoms with van der Waals surface area (Å²) in [5.41, 5.74) is 6.08. The minimum absolute atomic E-state index is 0.0332. The van der Waals surface area contributed by atoms with Crippen LogP contribution >= 0.6 is 0 Å². The standard InChI is InChI=1S/C23H28N8O15/c24-17-14-18(26-5-25-17)31(6-27-14)21-16(39)15(38)10(46-21)4-45-23(44)30-8(2-12(34)35)20(41)28-7(1-11(32)33)19(40)29-9(22(42)43)3-13(36)37/h5-10,15-16,21,38-39H,1-4H2,(H,28,41)(H,29,40)(H,30,44)(H,32,33)(H,34,35)(H,36,37)(H,42,43)(H2,24,25,26)/t7-,8-,9-,10+,15+,16+,21+/m0/s1. The predicted octanol–water partition coefficient (Wildman–Crippen LogP) is -4.40. The van der Waals surface area contributed by atoms with Gasteiger partial charge >= 0.3 is 30.0 Å². The van der Waals surface area contributed by atoms with Gasteiger partial charge in [-0.25, -0.2) is 24.5 Å². The molecule has 1 saturated heterocycles. The summed E-state index contributed by atoms with van der Waals surface area (Å²) in [5.74, 6) is -9.51. The van der Waals surface area contributed by atoms with Gasteiger partial charge in [0.1, 0.15) is 54.9 Å². The van der Waals surface area contributed by atoms with Crippen molar-refractivity contribution < 1.29 is 73.7 Å². The van der Waals surface area contributed by atoms with Gasteiger partial charge in [-0.05, 0) is 0 Å². The Morgan fingerprint density at radius 3 is 1.93 bits per heavy atom. The minimum Gasteiger partial charge on any atom is -0.481 e. The van der Waals surface area contributed by atoms with Crippen LogP contribution in [0.5, 0.6) is 0 Å². The molecule has 0 aromatic carbocycles. The average molecular weight is 657 g/mol. The highest BCUT2D eigenvalue weighted by Crippen LogP contribution is 2.32. The summed E-state index contributed by atoms with van der Waals surface area (Å²) < 4.78 is 11.8. The van der Waals surface area contributed by atoms with Crippen LogP contribution in [0.2, 0.25) is 0 Å². The van der Waals surface area contributed by atoms with Crippen molar-refractivity contribution in [3.63, 3.8) is 0 Å². The molecule has 0 radical (unpaired) electrons. The predicted molar refractivity (Wildman–Crippen MR) is 142 cm³/mol. The van der Waals surface area contributed by atoms with Gasteiger partial charge in [-0.15, -0.1) is 0 Å². The Hall–Kier alpha value is -5.68. The van der Waals surface area contributed by atoms with Crippen LogP contribution in [0.1, 0.15) is 25.5 Å². The largest absolute Gasteiger partial charge is 0.481 e. The first kappa shape index (κ1) is 34.8. The number of nitrogens with zero attached hydrogens (tertiary/aromatic N) is 4. The number of nitrogens with two attached hydrogens (primary N) is 1. The Balaban J connectivity index is 1.65. The van der Waals surface area contributed by atoms with Crippen molar-refractivity contribution in [3.8, 4) is 0 Å². The maximum atomic E-state index is 12.8. The third-order valence-corrected chi connectivity index (χ3v) is 6.37. The zero-order valence-corrected chi connectivity index (χ0v) is 23.2. The van der Waals surface area contributed by atoms with E-state index in [0.717, 1.165) is 6.33 Å². The number of hydrogen-bond donors (Lipinski definition) is 10. The Bertz CT molecular complexity index is 1520. The first-order chi connectivity index (χ1) is 21.6. The molecule has 46 heavy (non-hydrogen) atoms. The zero-order valence-electron chi connectivity index (χ0n) is 23.2. The molecule has 1 aliphatic rings.